The van der Waals surface area contributed by atoms with E-state index >= 15 is 0 Å². The third kappa shape index (κ3) is 3.67. The van der Waals surface area contributed by atoms with Gasteiger partial charge in [0, 0.05) is 18.8 Å². The molecule has 136 valence electrons. The average molecular weight is 385 g/mol. The van der Waals surface area contributed by atoms with Crippen molar-refractivity contribution in [2.24, 2.45) is 7.05 Å². The van der Waals surface area contributed by atoms with Crippen LogP contribution in [0.25, 0.3) is 11.4 Å². The van der Waals surface area contributed by atoms with Crippen molar-refractivity contribution in [2.75, 3.05) is 17.7 Å². The maximum absolute atomic E-state index is 12.9. The van der Waals surface area contributed by atoms with Crippen LogP contribution in [-0.2, 0) is 13.2 Å². The largest absolute Gasteiger partial charge is 0.421 e. The smallest absolute Gasteiger partial charge is 0.372 e. The number of nitrogens with one attached hydrogen (secondary N) is 2. The molecule has 0 atom stereocenters. The Kier molecular flexibility index (Phi) is 4.64. The second-order valence-corrected chi connectivity index (χ2v) is 5.53. The lowest BCUT2D eigenvalue weighted by atomic mass is 10.2. The van der Waals surface area contributed by atoms with Crippen LogP contribution in [0.5, 0.6) is 0 Å². The first kappa shape index (κ1) is 17.9. The number of halogens is 4. The number of rotatable bonds is 4. The number of tetrazole rings is 1. The van der Waals surface area contributed by atoms with Crippen molar-refractivity contribution in [2.45, 2.75) is 6.18 Å². The Bertz CT molecular complexity index is 940. The molecule has 0 aliphatic carbocycles. The molecule has 2 aromatic heterocycles. The molecular formula is C14H12ClF3N8. The van der Waals surface area contributed by atoms with Gasteiger partial charge in [0.05, 0.1) is 17.8 Å². The molecule has 2 N–H and O–H groups in total. The molecule has 26 heavy (non-hydrogen) atoms. The van der Waals surface area contributed by atoms with Crippen LogP contribution >= 0.6 is 11.6 Å². The predicted molar refractivity (Wildman–Crippen MR) is 89.1 cm³/mol. The number of hydrogen-bond acceptors (Lipinski definition) is 7. The van der Waals surface area contributed by atoms with E-state index in [1.54, 1.807) is 25.2 Å². The average Bonchev–Trinajstić information content (AvgIpc) is 3.02. The summed E-state index contributed by atoms with van der Waals surface area (Å²) in [6.45, 7) is 0. The van der Waals surface area contributed by atoms with E-state index in [0.717, 1.165) is 0 Å². The molecule has 0 saturated heterocycles. The Labute approximate surface area is 150 Å². The van der Waals surface area contributed by atoms with Crippen LogP contribution in [0.4, 0.5) is 30.6 Å². The second-order valence-electron chi connectivity index (χ2n) is 5.13. The first-order valence-corrected chi connectivity index (χ1v) is 7.58. The van der Waals surface area contributed by atoms with Gasteiger partial charge in [0.25, 0.3) is 0 Å². The van der Waals surface area contributed by atoms with Crippen molar-refractivity contribution in [3.05, 3.63) is 35.0 Å². The molecule has 1 aromatic carbocycles. The molecule has 0 bridgehead atoms. The number of alkyl halides is 3. The summed E-state index contributed by atoms with van der Waals surface area (Å²) in [5, 5.41) is 17.2. The van der Waals surface area contributed by atoms with E-state index in [1.807, 2.05) is 0 Å². The number of aryl methyl sites for hydroxylation is 1. The Morgan fingerprint density at radius 3 is 2.58 bits per heavy atom. The third-order valence-corrected chi connectivity index (χ3v) is 3.63. The normalized spacial score (nSPS) is 11.5. The fourth-order valence-corrected chi connectivity index (χ4v) is 2.34. The van der Waals surface area contributed by atoms with E-state index in [9.17, 15) is 13.2 Å². The van der Waals surface area contributed by atoms with Gasteiger partial charge in [-0.1, -0.05) is 11.6 Å². The highest BCUT2D eigenvalue weighted by atomic mass is 35.5. The van der Waals surface area contributed by atoms with E-state index in [4.69, 9.17) is 11.6 Å². The highest BCUT2D eigenvalue weighted by Crippen LogP contribution is 2.34. The molecule has 3 aromatic rings. The molecule has 0 unspecified atom stereocenters. The topological polar surface area (TPSA) is 93.4 Å². The van der Waals surface area contributed by atoms with E-state index in [0.29, 0.717) is 28.3 Å². The molecule has 0 fully saturated rings. The molecule has 12 heteroatoms. The lowest BCUT2D eigenvalue weighted by Crippen LogP contribution is -2.12. The molecule has 0 amide bonds. The zero-order valence-corrected chi connectivity index (χ0v) is 14.3. The van der Waals surface area contributed by atoms with E-state index < -0.39 is 11.7 Å². The minimum atomic E-state index is -4.56. The monoisotopic (exact) mass is 384 g/mol. The zero-order chi connectivity index (χ0) is 18.9. The summed E-state index contributed by atoms with van der Waals surface area (Å²) in [5.74, 6) is 0.0188. The van der Waals surface area contributed by atoms with Gasteiger partial charge in [-0.15, -0.1) is 10.2 Å². The first-order chi connectivity index (χ1) is 12.3. The number of aromatic nitrogens is 6. The van der Waals surface area contributed by atoms with Crippen LogP contribution < -0.4 is 10.6 Å². The van der Waals surface area contributed by atoms with Crippen molar-refractivity contribution < 1.29 is 13.2 Å². The van der Waals surface area contributed by atoms with E-state index in [2.05, 4.69) is 36.0 Å². The van der Waals surface area contributed by atoms with Crippen LogP contribution in [0.2, 0.25) is 5.02 Å². The number of anilines is 3. The van der Waals surface area contributed by atoms with Gasteiger partial charge in [-0.2, -0.15) is 23.0 Å². The van der Waals surface area contributed by atoms with Gasteiger partial charge in [0.2, 0.25) is 11.8 Å². The molecule has 0 spiro atoms. The molecule has 0 aliphatic rings. The van der Waals surface area contributed by atoms with Crippen LogP contribution in [0, 0.1) is 0 Å². The van der Waals surface area contributed by atoms with Gasteiger partial charge in [0.15, 0.2) is 0 Å². The van der Waals surface area contributed by atoms with Crippen LogP contribution in [0.1, 0.15) is 5.56 Å². The summed E-state index contributed by atoms with van der Waals surface area (Å²) in [6, 6.07) is 4.91. The Morgan fingerprint density at radius 2 is 2.00 bits per heavy atom. The van der Waals surface area contributed by atoms with Gasteiger partial charge in [-0.25, -0.2) is 4.98 Å². The maximum Gasteiger partial charge on any atom is 0.421 e. The second kappa shape index (κ2) is 6.75. The van der Waals surface area contributed by atoms with Gasteiger partial charge >= 0.3 is 6.18 Å². The Hall–Kier alpha value is -2.95. The van der Waals surface area contributed by atoms with Crippen molar-refractivity contribution in [1.82, 2.24) is 30.2 Å². The zero-order valence-electron chi connectivity index (χ0n) is 13.5. The van der Waals surface area contributed by atoms with Crippen LogP contribution in [0.3, 0.4) is 0 Å². The quantitative estimate of drug-likeness (QED) is 0.713. The highest BCUT2D eigenvalue weighted by molar-refractivity contribution is 6.33. The Balaban J connectivity index is 1.87. The minimum absolute atomic E-state index is 0.0328. The highest BCUT2D eigenvalue weighted by Gasteiger charge is 2.35. The van der Waals surface area contributed by atoms with Crippen LogP contribution in [-0.4, -0.2) is 37.2 Å². The summed E-state index contributed by atoms with van der Waals surface area (Å²) < 4.78 is 38.7. The van der Waals surface area contributed by atoms with Crippen molar-refractivity contribution in [3.8, 4) is 11.4 Å². The van der Waals surface area contributed by atoms with Gasteiger partial charge < -0.3 is 10.6 Å². The third-order valence-electron chi connectivity index (χ3n) is 3.31. The van der Waals surface area contributed by atoms with Gasteiger partial charge in [-0.05, 0) is 23.4 Å². The lowest BCUT2D eigenvalue weighted by molar-refractivity contribution is -0.137. The molecule has 0 radical (unpaired) electrons. The lowest BCUT2D eigenvalue weighted by Gasteiger charge is -2.13. The van der Waals surface area contributed by atoms with Crippen molar-refractivity contribution >= 4 is 29.1 Å². The first-order valence-electron chi connectivity index (χ1n) is 7.21. The van der Waals surface area contributed by atoms with Crippen molar-refractivity contribution in [1.29, 1.82) is 0 Å². The number of benzene rings is 1. The predicted octanol–water partition coefficient (Wildman–Crippen LogP) is 3.12. The standard InChI is InChI=1S/C14H12ClF3N8/c1-19-12-8(14(16,17)18)6-20-13(22-12)21-10-4-3-7(5-9(10)15)11-23-25-26(2)24-11/h3-6H,1-2H3,(H2,19,20,21,22). The molecule has 0 saturated carbocycles. The fourth-order valence-electron chi connectivity index (χ4n) is 2.12. The fraction of sp³-hybridized carbons (Fsp3) is 0.214. The summed E-state index contributed by atoms with van der Waals surface area (Å²) in [4.78, 5) is 8.83. The number of hydrogen-bond donors (Lipinski definition) is 2. The van der Waals surface area contributed by atoms with Crippen molar-refractivity contribution in [3.63, 3.8) is 0 Å². The molecule has 0 aliphatic heterocycles. The summed E-state index contributed by atoms with van der Waals surface area (Å²) in [5.41, 5.74) is 0.0970. The van der Waals surface area contributed by atoms with Gasteiger partial charge in [0.1, 0.15) is 11.4 Å². The van der Waals surface area contributed by atoms with Crippen LogP contribution in [0.15, 0.2) is 24.4 Å². The van der Waals surface area contributed by atoms with Gasteiger partial charge in [-0.3, -0.25) is 0 Å². The SMILES string of the molecule is CNc1nc(Nc2ccc(-c3nnn(C)n3)cc2Cl)ncc1C(F)(F)F. The number of nitrogens with zero attached hydrogens (tertiary/aromatic N) is 6. The summed E-state index contributed by atoms with van der Waals surface area (Å²) in [7, 11) is 2.98. The molecular weight excluding hydrogens is 373 g/mol. The van der Waals surface area contributed by atoms with E-state index in [-0.39, 0.29) is 11.8 Å². The minimum Gasteiger partial charge on any atom is -0.372 e. The molecule has 8 nitrogen and oxygen atoms in total. The summed E-state index contributed by atoms with van der Waals surface area (Å²) in [6.07, 6.45) is -3.85. The summed E-state index contributed by atoms with van der Waals surface area (Å²) >= 11 is 6.22. The molecule has 2 heterocycles. The molecule has 3 rings (SSSR count). The maximum atomic E-state index is 12.9. The Morgan fingerprint density at radius 1 is 1.23 bits per heavy atom. The van der Waals surface area contributed by atoms with E-state index in [1.165, 1.54) is 11.8 Å².